The second kappa shape index (κ2) is 14.6. The molecule has 0 aliphatic carbocycles. The molecule has 2 heterocycles. The number of esters is 2. The summed E-state index contributed by atoms with van der Waals surface area (Å²) in [6.45, 7) is 0. The molecule has 8 aromatic carbocycles. The van der Waals surface area contributed by atoms with Crippen LogP contribution in [0.5, 0.6) is 0 Å². The average Bonchev–Trinajstić information content (AvgIpc) is 3.81. The van der Waals surface area contributed by atoms with Gasteiger partial charge in [0.25, 0.3) is 0 Å². The molecule has 59 heavy (non-hydrogen) atoms. The van der Waals surface area contributed by atoms with Crippen molar-refractivity contribution in [2.45, 2.75) is 0 Å². The van der Waals surface area contributed by atoms with Crippen LogP contribution in [0.25, 0.3) is 66.1 Å². The van der Waals surface area contributed by atoms with Gasteiger partial charge in [-0.15, -0.1) is 0 Å². The number of hydrogen-bond acceptors (Lipinski definition) is 5. The molecule has 7 heteroatoms. The lowest BCUT2D eigenvalue weighted by atomic mass is 10.0. The Hall–Kier alpha value is -7.90. The average molecular weight is 768 g/mol. The van der Waals surface area contributed by atoms with Crippen LogP contribution in [0.3, 0.4) is 0 Å². The number of benzene rings is 8. The van der Waals surface area contributed by atoms with E-state index in [1.54, 1.807) is 0 Å². The number of nitrogens with zero attached hydrogens (tertiary/aromatic N) is 3. The fourth-order valence-corrected chi connectivity index (χ4v) is 8.37. The summed E-state index contributed by atoms with van der Waals surface area (Å²) >= 11 is 0. The van der Waals surface area contributed by atoms with Crippen molar-refractivity contribution in [3.8, 4) is 22.5 Å². The number of rotatable bonds is 8. The van der Waals surface area contributed by atoms with Crippen molar-refractivity contribution in [3.63, 3.8) is 0 Å². The number of carbonyl (C=O) groups is 2. The number of hydrogen-bond donors (Lipinski definition) is 0. The lowest BCUT2D eigenvalue weighted by Crippen LogP contribution is -2.10. The van der Waals surface area contributed by atoms with Crippen LogP contribution in [0.1, 0.15) is 20.7 Å². The van der Waals surface area contributed by atoms with Gasteiger partial charge >= 0.3 is 11.9 Å². The van der Waals surface area contributed by atoms with Crippen molar-refractivity contribution in [1.82, 2.24) is 9.13 Å². The minimum atomic E-state index is -0.364. The highest BCUT2D eigenvalue weighted by molar-refractivity contribution is 6.12. The lowest BCUT2D eigenvalue weighted by Gasteiger charge is -2.26. The largest absolute Gasteiger partial charge is 0.465 e. The zero-order chi connectivity index (χ0) is 40.0. The Balaban J connectivity index is 1.15. The number of fused-ring (bicyclic) bond motifs is 6. The van der Waals surface area contributed by atoms with Gasteiger partial charge in [-0.1, -0.05) is 78.9 Å². The van der Waals surface area contributed by atoms with Crippen LogP contribution in [-0.4, -0.2) is 35.3 Å². The molecule has 0 saturated heterocycles. The van der Waals surface area contributed by atoms with Gasteiger partial charge in [0.1, 0.15) is 0 Å². The molecule has 0 N–H and O–H groups in total. The van der Waals surface area contributed by atoms with Crippen LogP contribution in [0.4, 0.5) is 17.1 Å². The molecule has 2 aromatic heterocycles. The topological polar surface area (TPSA) is 65.7 Å². The number of ether oxygens (including phenoxy) is 2. The summed E-state index contributed by atoms with van der Waals surface area (Å²) in [5, 5.41) is 4.46. The number of para-hydroxylation sites is 2. The Morgan fingerprint density at radius 1 is 0.390 bits per heavy atom. The van der Waals surface area contributed by atoms with E-state index < -0.39 is 0 Å². The first-order chi connectivity index (χ1) is 29.0. The van der Waals surface area contributed by atoms with Crippen LogP contribution in [0, 0.1) is 0 Å². The van der Waals surface area contributed by atoms with Crippen molar-refractivity contribution in [3.05, 3.63) is 199 Å². The maximum Gasteiger partial charge on any atom is 0.337 e. The minimum absolute atomic E-state index is 0.364. The van der Waals surface area contributed by atoms with E-state index in [4.69, 9.17) is 9.47 Å². The highest BCUT2D eigenvalue weighted by Gasteiger charge is 2.20. The first kappa shape index (κ1) is 35.5. The Kier molecular flexibility index (Phi) is 8.76. The van der Waals surface area contributed by atoms with E-state index >= 15 is 0 Å². The summed E-state index contributed by atoms with van der Waals surface area (Å²) in [5.41, 5.74) is 12.5. The molecular weight excluding hydrogens is 731 g/mol. The van der Waals surface area contributed by atoms with E-state index in [1.165, 1.54) is 14.2 Å². The Morgan fingerprint density at radius 3 is 1.24 bits per heavy atom. The van der Waals surface area contributed by atoms with Gasteiger partial charge in [0.2, 0.25) is 0 Å². The van der Waals surface area contributed by atoms with Gasteiger partial charge in [-0.05, 0) is 120 Å². The number of anilines is 3. The smallest absolute Gasteiger partial charge is 0.337 e. The summed E-state index contributed by atoms with van der Waals surface area (Å²) in [6.07, 6.45) is 0. The summed E-state index contributed by atoms with van der Waals surface area (Å²) < 4.78 is 14.4. The molecule has 0 amide bonds. The Labute approximate surface area is 340 Å². The van der Waals surface area contributed by atoms with Crippen molar-refractivity contribution < 1.29 is 19.1 Å². The van der Waals surface area contributed by atoms with E-state index in [9.17, 15) is 9.59 Å². The second-order valence-electron chi connectivity index (χ2n) is 14.4. The van der Waals surface area contributed by atoms with Gasteiger partial charge in [0.05, 0.1) is 47.4 Å². The van der Waals surface area contributed by atoms with Gasteiger partial charge in [0, 0.05) is 50.0 Å². The van der Waals surface area contributed by atoms with Gasteiger partial charge < -0.3 is 23.5 Å². The molecule has 10 rings (SSSR count). The van der Waals surface area contributed by atoms with Crippen LogP contribution < -0.4 is 4.90 Å². The molecule has 0 aliphatic rings. The molecule has 0 spiro atoms. The maximum absolute atomic E-state index is 12.3. The predicted molar refractivity (Wildman–Crippen MR) is 238 cm³/mol. The fourth-order valence-electron chi connectivity index (χ4n) is 8.37. The third-order valence-electron chi connectivity index (χ3n) is 11.2. The Bertz CT molecular complexity index is 3020. The highest BCUT2D eigenvalue weighted by atomic mass is 16.5. The monoisotopic (exact) mass is 767 g/mol. The van der Waals surface area contributed by atoms with Gasteiger partial charge in [0.15, 0.2) is 0 Å². The zero-order valence-corrected chi connectivity index (χ0v) is 32.4. The Morgan fingerprint density at radius 2 is 0.780 bits per heavy atom. The van der Waals surface area contributed by atoms with E-state index in [2.05, 4.69) is 147 Å². The number of methoxy groups -OCH3 is 2. The van der Waals surface area contributed by atoms with Gasteiger partial charge in [-0.25, -0.2) is 9.59 Å². The number of aromatic nitrogens is 2. The lowest BCUT2D eigenvalue weighted by molar-refractivity contribution is 0.0592. The molecule has 0 aliphatic heterocycles. The molecule has 0 saturated carbocycles. The molecule has 10 aromatic rings. The van der Waals surface area contributed by atoms with Gasteiger partial charge in [-0.3, -0.25) is 0 Å². The van der Waals surface area contributed by atoms with Crippen molar-refractivity contribution >= 4 is 72.6 Å². The predicted octanol–water partition coefficient (Wildman–Crippen LogP) is 12.6. The molecule has 0 unspecified atom stereocenters. The first-order valence-corrected chi connectivity index (χ1v) is 19.4. The third kappa shape index (κ3) is 6.08. The van der Waals surface area contributed by atoms with Crippen LogP contribution in [0.15, 0.2) is 188 Å². The summed E-state index contributed by atoms with van der Waals surface area (Å²) in [6, 6.07) is 64.4. The second-order valence-corrected chi connectivity index (χ2v) is 14.4. The summed E-state index contributed by atoms with van der Waals surface area (Å²) in [7, 11) is 2.79. The van der Waals surface area contributed by atoms with E-state index in [1.807, 2.05) is 54.6 Å². The minimum Gasteiger partial charge on any atom is -0.465 e. The van der Waals surface area contributed by atoms with Crippen molar-refractivity contribution in [1.29, 1.82) is 0 Å². The van der Waals surface area contributed by atoms with Crippen LogP contribution in [-0.2, 0) is 9.47 Å². The summed E-state index contributed by atoms with van der Waals surface area (Å²) in [5.74, 6) is -0.727. The molecule has 0 bridgehead atoms. The first-order valence-electron chi connectivity index (χ1n) is 19.4. The molecule has 284 valence electrons. The van der Waals surface area contributed by atoms with E-state index in [-0.39, 0.29) is 11.9 Å². The third-order valence-corrected chi connectivity index (χ3v) is 11.2. The molecule has 7 nitrogen and oxygen atoms in total. The zero-order valence-electron chi connectivity index (χ0n) is 32.4. The van der Waals surface area contributed by atoms with Gasteiger partial charge in [-0.2, -0.15) is 0 Å². The summed E-state index contributed by atoms with van der Waals surface area (Å²) in [4.78, 5) is 26.8. The van der Waals surface area contributed by atoms with Crippen molar-refractivity contribution in [2.24, 2.45) is 0 Å². The molecular formula is C52H37N3O4. The van der Waals surface area contributed by atoms with Crippen LogP contribution in [0.2, 0.25) is 0 Å². The normalized spacial score (nSPS) is 11.4. The molecule has 0 fully saturated rings. The molecule has 0 atom stereocenters. The highest BCUT2D eigenvalue weighted by Crippen LogP contribution is 2.42. The molecule has 0 radical (unpaired) electrons. The standard InChI is InChI=1S/C52H37N3O4/c1-58-51(56)36-18-24-39(25-19-36)54-47-14-8-6-12-43(47)45-32-41(28-30-49(45)54)53(38-22-16-35(17-23-38)34-10-4-3-5-11-34)42-29-31-50-46(33-42)44-13-7-9-15-48(44)55(50)40-26-20-37(21-27-40)52(57)59-2/h3-33H,1-2H3. The maximum atomic E-state index is 12.3. The van der Waals surface area contributed by atoms with Crippen molar-refractivity contribution in [2.75, 3.05) is 19.1 Å². The number of carbonyl (C=O) groups excluding carboxylic acids is 2. The fraction of sp³-hybridized carbons (Fsp3) is 0.0385. The van der Waals surface area contributed by atoms with Crippen LogP contribution >= 0.6 is 0 Å². The van der Waals surface area contributed by atoms with E-state index in [0.29, 0.717) is 11.1 Å². The SMILES string of the molecule is COC(=O)c1ccc(-n2c3ccccc3c3cc(N(c4ccc(-c5ccccc5)cc4)c4ccc5c(c4)c4ccccc4n5-c4ccc(C(=O)OC)cc4)ccc32)cc1. The van der Waals surface area contributed by atoms with E-state index in [0.717, 1.165) is 83.2 Å². The quantitative estimate of drug-likeness (QED) is 0.144.